The Balaban J connectivity index is 2.25. The fraction of sp³-hybridized carbons (Fsp3) is 0.200. The number of dihydropyridines is 1. The maximum Gasteiger partial charge on any atom is 0.338 e. The average molecular weight is 399 g/mol. The van der Waals surface area contributed by atoms with Gasteiger partial charge in [-0.2, -0.15) is 0 Å². The van der Waals surface area contributed by atoms with E-state index in [1.807, 2.05) is 0 Å². The van der Waals surface area contributed by atoms with Crippen LogP contribution in [0.15, 0.2) is 81.7 Å². The van der Waals surface area contributed by atoms with Gasteiger partial charge in [0.25, 0.3) is 0 Å². The second kappa shape index (κ2) is 7.85. The molecule has 7 nitrogen and oxygen atoms in total. The van der Waals surface area contributed by atoms with Gasteiger partial charge in [-0.25, -0.2) is 13.2 Å². The third-order valence-corrected chi connectivity index (χ3v) is 6.40. The van der Waals surface area contributed by atoms with Crippen molar-refractivity contribution in [2.24, 2.45) is 5.73 Å². The van der Waals surface area contributed by atoms with Gasteiger partial charge in [-0.15, -0.1) is 0 Å². The van der Waals surface area contributed by atoms with E-state index in [2.05, 4.69) is 10.3 Å². The molecule has 0 aliphatic carbocycles. The van der Waals surface area contributed by atoms with Crippen LogP contribution >= 0.6 is 0 Å². The molecule has 3 N–H and O–H groups in total. The van der Waals surface area contributed by atoms with E-state index >= 15 is 0 Å². The molecule has 0 radical (unpaired) electrons. The molecule has 2 aromatic rings. The Morgan fingerprint density at radius 1 is 1.21 bits per heavy atom. The van der Waals surface area contributed by atoms with Gasteiger partial charge in [0, 0.05) is 18.1 Å². The summed E-state index contributed by atoms with van der Waals surface area (Å²) in [6.45, 7) is 3.43. The summed E-state index contributed by atoms with van der Waals surface area (Å²) in [4.78, 5) is 16.9. The summed E-state index contributed by atoms with van der Waals surface area (Å²) in [7, 11) is -3.92. The van der Waals surface area contributed by atoms with E-state index in [4.69, 9.17) is 10.5 Å². The molecule has 0 fully saturated rings. The van der Waals surface area contributed by atoms with E-state index in [0.29, 0.717) is 11.3 Å². The molecule has 0 amide bonds. The number of ether oxygens (including phenoxy) is 1. The van der Waals surface area contributed by atoms with E-state index in [1.54, 1.807) is 50.4 Å². The molecule has 1 aliphatic rings. The van der Waals surface area contributed by atoms with E-state index in [-0.39, 0.29) is 27.8 Å². The number of hydrogen-bond donors (Lipinski definition) is 2. The third kappa shape index (κ3) is 3.50. The topological polar surface area (TPSA) is 111 Å². The van der Waals surface area contributed by atoms with Crippen molar-refractivity contribution < 1.29 is 17.9 Å². The number of carbonyl (C=O) groups excluding carboxylic acids is 1. The Morgan fingerprint density at radius 2 is 1.93 bits per heavy atom. The van der Waals surface area contributed by atoms with Crippen LogP contribution in [0, 0.1) is 0 Å². The van der Waals surface area contributed by atoms with Crippen LogP contribution < -0.4 is 11.1 Å². The van der Waals surface area contributed by atoms with Crippen LogP contribution in [0.25, 0.3) is 0 Å². The molecule has 1 aliphatic heterocycles. The number of sulfone groups is 1. The van der Waals surface area contributed by atoms with Crippen LogP contribution in [-0.4, -0.2) is 26.0 Å². The zero-order chi connectivity index (χ0) is 20.3. The van der Waals surface area contributed by atoms with Crippen LogP contribution in [0.5, 0.6) is 0 Å². The highest BCUT2D eigenvalue weighted by Crippen LogP contribution is 2.42. The lowest BCUT2D eigenvalue weighted by Gasteiger charge is -2.30. The molecule has 28 heavy (non-hydrogen) atoms. The standard InChI is InChI=1S/C20H21N3O4S/c1-3-27-20(24)17-16(14-8-7-11-22-12-14)18(13(2)23-19(17)21)28(25,26)15-9-5-4-6-10-15/h4-12,16,23H,3,21H2,1-2H3. The minimum Gasteiger partial charge on any atom is -0.463 e. The van der Waals surface area contributed by atoms with E-state index < -0.39 is 21.7 Å². The summed E-state index contributed by atoms with van der Waals surface area (Å²) in [5, 5.41) is 2.83. The first-order valence-electron chi connectivity index (χ1n) is 8.72. The Labute approximate surface area is 163 Å². The molecule has 8 heteroatoms. The van der Waals surface area contributed by atoms with Gasteiger partial charge < -0.3 is 15.8 Å². The normalized spacial score (nSPS) is 17.3. The predicted molar refractivity (Wildman–Crippen MR) is 104 cm³/mol. The third-order valence-electron chi connectivity index (χ3n) is 4.39. The number of carbonyl (C=O) groups is 1. The number of nitrogens with one attached hydrogen (secondary N) is 1. The van der Waals surface area contributed by atoms with Gasteiger partial charge >= 0.3 is 5.97 Å². The Bertz CT molecular complexity index is 1050. The Hall–Kier alpha value is -3.13. The first-order valence-corrected chi connectivity index (χ1v) is 10.2. The molecule has 0 spiro atoms. The summed E-state index contributed by atoms with van der Waals surface area (Å²) in [5.74, 6) is -1.54. The molecule has 146 valence electrons. The predicted octanol–water partition coefficient (Wildman–Crippen LogP) is 2.21. The van der Waals surface area contributed by atoms with E-state index in [0.717, 1.165) is 0 Å². The number of nitrogens with zero attached hydrogens (tertiary/aromatic N) is 1. The molecule has 1 aromatic carbocycles. The second-order valence-electron chi connectivity index (χ2n) is 6.20. The zero-order valence-electron chi connectivity index (χ0n) is 15.5. The molecule has 3 rings (SSSR count). The van der Waals surface area contributed by atoms with Gasteiger partial charge in [-0.05, 0) is 37.6 Å². The lowest BCUT2D eigenvalue weighted by Crippen LogP contribution is -2.35. The fourth-order valence-electron chi connectivity index (χ4n) is 3.22. The second-order valence-corrected chi connectivity index (χ2v) is 8.12. The highest BCUT2D eigenvalue weighted by Gasteiger charge is 2.41. The molecule has 1 unspecified atom stereocenters. The summed E-state index contributed by atoms with van der Waals surface area (Å²) >= 11 is 0. The minimum absolute atomic E-state index is 0.0453. The quantitative estimate of drug-likeness (QED) is 0.742. The summed E-state index contributed by atoms with van der Waals surface area (Å²) in [6.07, 6.45) is 3.10. The van der Waals surface area contributed by atoms with Crippen LogP contribution in [0.1, 0.15) is 25.3 Å². The summed E-state index contributed by atoms with van der Waals surface area (Å²) < 4.78 is 32.1. The number of allylic oxidation sites excluding steroid dienone is 2. The number of rotatable bonds is 5. The molecule has 1 atom stereocenters. The van der Waals surface area contributed by atoms with Crippen molar-refractivity contribution in [3.8, 4) is 0 Å². The van der Waals surface area contributed by atoms with Gasteiger partial charge in [0.15, 0.2) is 0 Å². The largest absolute Gasteiger partial charge is 0.463 e. The smallest absolute Gasteiger partial charge is 0.338 e. The molecular weight excluding hydrogens is 378 g/mol. The van der Waals surface area contributed by atoms with Crippen molar-refractivity contribution in [1.29, 1.82) is 0 Å². The van der Waals surface area contributed by atoms with Gasteiger partial charge in [0.2, 0.25) is 9.84 Å². The average Bonchev–Trinajstić information content (AvgIpc) is 2.68. The van der Waals surface area contributed by atoms with Gasteiger partial charge in [-0.1, -0.05) is 24.3 Å². The van der Waals surface area contributed by atoms with Crippen LogP contribution in [0.2, 0.25) is 0 Å². The van der Waals surface area contributed by atoms with Crippen molar-refractivity contribution in [2.75, 3.05) is 6.61 Å². The number of aromatic nitrogens is 1. The van der Waals surface area contributed by atoms with Crippen molar-refractivity contribution in [2.45, 2.75) is 24.7 Å². The number of hydrogen-bond acceptors (Lipinski definition) is 7. The molecule has 0 bridgehead atoms. The Morgan fingerprint density at radius 3 is 2.54 bits per heavy atom. The lowest BCUT2D eigenvalue weighted by atomic mass is 9.88. The highest BCUT2D eigenvalue weighted by atomic mass is 32.2. The zero-order valence-corrected chi connectivity index (χ0v) is 16.4. The van der Waals surface area contributed by atoms with Crippen molar-refractivity contribution in [3.63, 3.8) is 0 Å². The van der Waals surface area contributed by atoms with Crippen LogP contribution in [-0.2, 0) is 19.4 Å². The van der Waals surface area contributed by atoms with E-state index in [9.17, 15) is 13.2 Å². The van der Waals surface area contributed by atoms with Gasteiger partial charge in [0.05, 0.1) is 27.9 Å². The Kier molecular flexibility index (Phi) is 5.51. The first-order chi connectivity index (χ1) is 13.4. The summed E-state index contributed by atoms with van der Waals surface area (Å²) in [6, 6.07) is 11.5. The first kappa shape index (κ1) is 19.6. The maximum absolute atomic E-state index is 13.5. The highest BCUT2D eigenvalue weighted by molar-refractivity contribution is 7.95. The van der Waals surface area contributed by atoms with E-state index in [1.165, 1.54) is 18.3 Å². The number of nitrogens with two attached hydrogens (primary N) is 1. The molecular formula is C20H21N3O4S. The van der Waals surface area contributed by atoms with Crippen molar-refractivity contribution in [3.05, 3.63) is 82.4 Å². The van der Waals surface area contributed by atoms with Gasteiger partial charge in [0.1, 0.15) is 5.82 Å². The summed E-state index contributed by atoms with van der Waals surface area (Å²) in [5.41, 5.74) is 7.02. The fourth-order valence-corrected chi connectivity index (χ4v) is 5.01. The van der Waals surface area contributed by atoms with Crippen molar-refractivity contribution in [1.82, 2.24) is 10.3 Å². The SMILES string of the molecule is CCOC(=O)C1=C(N)NC(C)=C(S(=O)(=O)c2ccccc2)C1c1cccnc1. The molecule has 2 heterocycles. The van der Waals surface area contributed by atoms with Crippen LogP contribution in [0.3, 0.4) is 0 Å². The lowest BCUT2D eigenvalue weighted by molar-refractivity contribution is -0.138. The number of pyridine rings is 1. The maximum atomic E-state index is 13.5. The molecule has 1 aromatic heterocycles. The minimum atomic E-state index is -3.92. The van der Waals surface area contributed by atoms with Crippen LogP contribution in [0.4, 0.5) is 0 Å². The molecule has 0 saturated carbocycles. The van der Waals surface area contributed by atoms with Gasteiger partial charge in [-0.3, -0.25) is 4.98 Å². The molecule has 0 saturated heterocycles. The number of benzene rings is 1. The number of esters is 1. The van der Waals surface area contributed by atoms with Crippen molar-refractivity contribution >= 4 is 15.8 Å². The monoisotopic (exact) mass is 399 g/mol.